The van der Waals surface area contributed by atoms with Crippen molar-refractivity contribution in [3.8, 4) is 0 Å². The zero-order valence-corrected chi connectivity index (χ0v) is 16.6. The average molecular weight is 550 g/mol. The van der Waals surface area contributed by atoms with Gasteiger partial charge in [0.15, 0.2) is 0 Å². The van der Waals surface area contributed by atoms with E-state index in [-0.39, 0.29) is 0 Å². The molecule has 14 heteroatoms. The molecule has 2 aromatic carbocycles. The van der Waals surface area contributed by atoms with Gasteiger partial charge >= 0.3 is 11.0 Å². The number of hydrogen-bond acceptors (Lipinski definition) is 4. The third-order valence-electron chi connectivity index (χ3n) is 3.15. The molecule has 2 aromatic rings. The molecule has 26 heavy (non-hydrogen) atoms. The Balaban J connectivity index is 3.10. The molecule has 0 aliphatic rings. The molecule has 0 radical (unpaired) electrons. The van der Waals surface area contributed by atoms with Gasteiger partial charge in [0.1, 0.15) is 0 Å². The van der Waals surface area contributed by atoms with Crippen molar-refractivity contribution in [2.45, 2.75) is 20.8 Å². The van der Waals surface area contributed by atoms with Gasteiger partial charge in [0.2, 0.25) is 0 Å². The average Bonchev–Trinajstić information content (AvgIpc) is 2.44. The third-order valence-corrected chi connectivity index (χ3v) is 8.17. The Morgan fingerprint density at radius 2 is 0.885 bits per heavy atom. The summed E-state index contributed by atoms with van der Waals surface area (Å²) >= 11 is 5.23. The van der Waals surface area contributed by atoms with E-state index in [2.05, 4.69) is 31.9 Å². The van der Waals surface area contributed by atoms with Crippen molar-refractivity contribution in [1.82, 2.24) is 0 Å². The smallest absolute Gasteiger partial charge is 0.214 e. The van der Waals surface area contributed by atoms with E-state index in [1.165, 1.54) is 0 Å². The van der Waals surface area contributed by atoms with Crippen LogP contribution in [0.2, 0.25) is 0 Å². The molecule has 0 aromatic heterocycles. The third kappa shape index (κ3) is 3.24. The predicted molar refractivity (Wildman–Crippen MR) is 85.8 cm³/mol. The Kier molecular flexibility index (Phi) is 5.23. The quantitative estimate of drug-likeness (QED) is 0.497. The van der Waals surface area contributed by atoms with Crippen molar-refractivity contribution in [3.05, 3.63) is 33.2 Å². The van der Waals surface area contributed by atoms with E-state index in [1.807, 2.05) is 0 Å². The highest BCUT2D eigenvalue weighted by atomic mass is 79.9. The van der Waals surface area contributed by atoms with Crippen LogP contribution in [0.25, 0.3) is 10.8 Å². The van der Waals surface area contributed by atoms with Crippen LogP contribution in [0.3, 0.4) is 0 Å². The second-order valence-corrected chi connectivity index (χ2v) is 10.2. The number of benzene rings is 2. The first-order valence-electron chi connectivity index (χ1n) is 6.07. The molecule has 0 saturated carbocycles. The second kappa shape index (κ2) is 6.34. The largest absolute Gasteiger partial charge is 0.501 e. The van der Waals surface area contributed by atoms with Crippen molar-refractivity contribution < 1.29 is 43.2 Å². The van der Waals surface area contributed by atoms with E-state index in [1.54, 1.807) is 0 Å². The molecule has 0 aliphatic carbocycles. The van der Waals surface area contributed by atoms with Crippen LogP contribution in [0, 0.1) is 0 Å². The van der Waals surface area contributed by atoms with Gasteiger partial charge in [-0.15, -0.1) is 0 Å². The summed E-state index contributed by atoms with van der Waals surface area (Å²) in [5.41, 5.74) is -11.5. The van der Waals surface area contributed by atoms with Gasteiger partial charge in [-0.2, -0.15) is 26.3 Å². The number of fused-ring (bicyclic) bond motifs is 1. The number of halogens is 8. The minimum atomic E-state index is -5.98. The second-order valence-electron chi connectivity index (χ2n) is 4.75. The van der Waals surface area contributed by atoms with Gasteiger partial charge in [-0.05, 0) is 44.0 Å². The highest BCUT2D eigenvalue weighted by Crippen LogP contribution is 2.44. The van der Waals surface area contributed by atoms with Gasteiger partial charge in [0.25, 0.3) is 19.7 Å². The lowest BCUT2D eigenvalue weighted by molar-refractivity contribution is -0.0442. The summed E-state index contributed by atoms with van der Waals surface area (Å²) in [5, 5.41) is -1.66. The predicted octanol–water partition coefficient (Wildman–Crippen LogP) is 4.95. The van der Waals surface area contributed by atoms with Crippen molar-refractivity contribution >= 4 is 62.3 Å². The van der Waals surface area contributed by atoms with Crippen molar-refractivity contribution in [2.75, 3.05) is 0 Å². The Morgan fingerprint density at radius 3 is 1.12 bits per heavy atom. The Bertz CT molecular complexity index is 1020. The van der Waals surface area contributed by atoms with E-state index in [0.717, 1.165) is 24.3 Å². The monoisotopic (exact) mass is 548 g/mol. The lowest BCUT2D eigenvalue weighted by atomic mass is 10.1. The van der Waals surface area contributed by atoms with Crippen LogP contribution in [0.15, 0.2) is 43.0 Å². The lowest BCUT2D eigenvalue weighted by Crippen LogP contribution is -2.25. The van der Waals surface area contributed by atoms with E-state index in [4.69, 9.17) is 0 Å². The topological polar surface area (TPSA) is 68.3 Å². The first-order chi connectivity index (χ1) is 11.5. The van der Waals surface area contributed by atoms with Crippen LogP contribution >= 0.6 is 31.9 Å². The summed E-state index contributed by atoms with van der Waals surface area (Å²) in [6, 6.07) is 3.00. The molecule has 144 valence electrons. The maximum Gasteiger partial charge on any atom is 0.501 e. The van der Waals surface area contributed by atoms with Crippen LogP contribution in [0.5, 0.6) is 0 Å². The zero-order chi connectivity index (χ0) is 20.3. The van der Waals surface area contributed by atoms with Crippen LogP contribution in [0.4, 0.5) is 26.3 Å². The maximum atomic E-state index is 12.9. The summed E-state index contributed by atoms with van der Waals surface area (Å²) in [4.78, 5) is -2.76. The summed E-state index contributed by atoms with van der Waals surface area (Å²) in [6.45, 7) is 0. The molecule has 0 heterocycles. The minimum absolute atomic E-state index is 0.583. The maximum absolute atomic E-state index is 12.9. The minimum Gasteiger partial charge on any atom is -0.214 e. The molecular formula is C12H4Br2F6O4S2. The fraction of sp³-hybridized carbons (Fsp3) is 0.167. The molecule has 0 bridgehead atoms. The van der Waals surface area contributed by atoms with Gasteiger partial charge in [-0.25, -0.2) is 16.8 Å². The molecule has 0 amide bonds. The first-order valence-corrected chi connectivity index (χ1v) is 10.6. The zero-order valence-electron chi connectivity index (χ0n) is 11.8. The molecular weight excluding hydrogens is 546 g/mol. The molecule has 2 rings (SSSR count). The van der Waals surface area contributed by atoms with Gasteiger partial charge in [-0.1, -0.05) is 12.1 Å². The van der Waals surface area contributed by atoms with Crippen molar-refractivity contribution in [3.63, 3.8) is 0 Å². The molecule has 0 spiro atoms. The molecule has 0 fully saturated rings. The van der Waals surface area contributed by atoms with E-state index >= 15 is 0 Å². The standard InChI is InChI=1S/C12H4Br2F6O4S2/c13-7-3-1-5-6(10(7)26(23,24)12(18,19)20)2-4-8(14)9(5)25(21,22)11(15,16)17/h1-4H. The highest BCUT2D eigenvalue weighted by molar-refractivity contribution is 9.10. The van der Waals surface area contributed by atoms with E-state index < -0.39 is 60.2 Å². The number of hydrogen-bond donors (Lipinski definition) is 0. The van der Waals surface area contributed by atoms with Crippen LogP contribution in [0.1, 0.15) is 0 Å². The van der Waals surface area contributed by atoms with Gasteiger partial charge < -0.3 is 0 Å². The fourth-order valence-corrected chi connectivity index (χ4v) is 6.09. The van der Waals surface area contributed by atoms with E-state index in [9.17, 15) is 43.2 Å². The highest BCUT2D eigenvalue weighted by Gasteiger charge is 2.51. The normalized spacial score (nSPS) is 14.0. The SMILES string of the molecule is O=S(=O)(c1c(Br)ccc2c(S(=O)(=O)C(F)(F)F)c(Br)ccc12)C(F)(F)F. The Hall–Kier alpha value is -0.860. The molecule has 4 nitrogen and oxygen atoms in total. The first kappa shape index (κ1) is 21.4. The van der Waals surface area contributed by atoms with Gasteiger partial charge in [-0.3, -0.25) is 0 Å². The van der Waals surface area contributed by atoms with Crippen LogP contribution < -0.4 is 0 Å². The molecule has 0 atom stereocenters. The summed E-state index contributed by atoms with van der Waals surface area (Å²) in [7, 11) is -12.0. The van der Waals surface area contributed by atoms with Gasteiger partial charge in [0, 0.05) is 19.7 Å². The lowest BCUT2D eigenvalue weighted by Gasteiger charge is -2.16. The number of sulfone groups is 2. The summed E-state index contributed by atoms with van der Waals surface area (Å²) in [6.07, 6.45) is 0. The number of rotatable bonds is 2. The number of alkyl halides is 6. The molecule has 0 unspecified atom stereocenters. The molecule has 0 aliphatic heterocycles. The summed E-state index contributed by atoms with van der Waals surface area (Å²) in [5.74, 6) is 0. The van der Waals surface area contributed by atoms with Crippen LogP contribution in [-0.2, 0) is 19.7 Å². The molecule has 0 N–H and O–H groups in total. The summed E-state index contributed by atoms with van der Waals surface area (Å²) < 4.78 is 123. The fourth-order valence-electron chi connectivity index (χ4n) is 2.07. The Morgan fingerprint density at radius 1 is 0.615 bits per heavy atom. The van der Waals surface area contributed by atoms with Crippen molar-refractivity contribution in [2.24, 2.45) is 0 Å². The van der Waals surface area contributed by atoms with Crippen LogP contribution in [-0.4, -0.2) is 27.9 Å². The Labute approximate surface area is 159 Å². The molecule has 0 saturated heterocycles. The van der Waals surface area contributed by atoms with Gasteiger partial charge in [0.05, 0.1) is 9.79 Å². The van der Waals surface area contributed by atoms with Crippen molar-refractivity contribution in [1.29, 1.82) is 0 Å². The van der Waals surface area contributed by atoms with E-state index in [0.29, 0.717) is 0 Å².